The molecule has 2 saturated heterocycles. The van der Waals surface area contributed by atoms with E-state index in [0.29, 0.717) is 32.1 Å². The maximum atomic E-state index is 12.4. The zero-order valence-corrected chi connectivity index (χ0v) is 14.3. The quantitative estimate of drug-likeness (QED) is 0.854. The van der Waals surface area contributed by atoms with Gasteiger partial charge in [-0.15, -0.1) is 0 Å². The molecular weight excluding hydrogens is 320 g/mol. The first-order valence-corrected chi connectivity index (χ1v) is 8.64. The van der Waals surface area contributed by atoms with Crippen LogP contribution in [0.5, 0.6) is 0 Å². The van der Waals surface area contributed by atoms with Crippen molar-refractivity contribution >= 4 is 5.91 Å². The van der Waals surface area contributed by atoms with E-state index in [1.165, 1.54) is 0 Å². The Morgan fingerprint density at radius 2 is 2.12 bits per heavy atom. The van der Waals surface area contributed by atoms with Gasteiger partial charge in [-0.2, -0.15) is 0 Å². The van der Waals surface area contributed by atoms with E-state index in [4.69, 9.17) is 13.9 Å². The van der Waals surface area contributed by atoms with Crippen LogP contribution in [-0.2, 0) is 16.1 Å². The zero-order valence-electron chi connectivity index (χ0n) is 14.3. The minimum Gasteiger partial charge on any atom is -0.456 e. The van der Waals surface area contributed by atoms with Gasteiger partial charge in [0, 0.05) is 25.4 Å². The summed E-state index contributed by atoms with van der Waals surface area (Å²) in [5.74, 6) is 1.08. The van der Waals surface area contributed by atoms with Crippen LogP contribution in [0.25, 0.3) is 0 Å². The molecule has 1 amide bonds. The Labute approximate surface area is 146 Å². The van der Waals surface area contributed by atoms with Gasteiger partial charge in [0.15, 0.2) is 5.76 Å². The lowest BCUT2D eigenvalue weighted by Crippen LogP contribution is -2.67. The van der Waals surface area contributed by atoms with Crippen molar-refractivity contribution in [2.45, 2.75) is 38.1 Å². The number of pyridine rings is 1. The van der Waals surface area contributed by atoms with Crippen LogP contribution in [0, 0.1) is 6.92 Å². The molecule has 6 heteroatoms. The van der Waals surface area contributed by atoms with Gasteiger partial charge in [0.2, 0.25) is 0 Å². The topological polar surface area (TPSA) is 64.8 Å². The maximum Gasteiger partial charge on any atom is 0.289 e. The van der Waals surface area contributed by atoms with Gasteiger partial charge in [0.05, 0.1) is 25.8 Å². The summed E-state index contributed by atoms with van der Waals surface area (Å²) >= 11 is 0. The van der Waals surface area contributed by atoms with Crippen LogP contribution in [0.3, 0.4) is 0 Å². The normalized spacial score (nSPS) is 22.0. The second-order valence-corrected chi connectivity index (χ2v) is 6.88. The van der Waals surface area contributed by atoms with Gasteiger partial charge in [-0.05, 0) is 43.2 Å². The molecule has 0 radical (unpaired) electrons. The predicted octanol–water partition coefficient (Wildman–Crippen LogP) is 2.57. The number of rotatable bonds is 4. The second kappa shape index (κ2) is 6.61. The monoisotopic (exact) mass is 342 g/mol. The molecule has 0 aliphatic carbocycles. The standard InChI is InChI=1S/C19H22N2O4/c1-14-2-3-17(25-14)18(22)21-12-19(13-21)10-16(6-9-24-19)23-11-15-4-7-20-8-5-15/h2-5,7-8,16H,6,9-13H2,1H3/t16-/m1/s1. The number of carbonyl (C=O) groups excluding carboxylic acids is 1. The number of nitrogens with zero attached hydrogens (tertiary/aromatic N) is 2. The highest BCUT2D eigenvalue weighted by Crippen LogP contribution is 2.36. The van der Waals surface area contributed by atoms with Crippen LogP contribution < -0.4 is 0 Å². The summed E-state index contributed by atoms with van der Waals surface area (Å²) in [6.45, 7) is 4.28. The summed E-state index contributed by atoms with van der Waals surface area (Å²) in [5.41, 5.74) is 0.854. The van der Waals surface area contributed by atoms with Gasteiger partial charge in [-0.1, -0.05) is 0 Å². The third-order valence-electron chi connectivity index (χ3n) is 4.88. The molecule has 0 saturated carbocycles. The number of aryl methyl sites for hydroxylation is 1. The number of carbonyl (C=O) groups is 1. The molecule has 4 heterocycles. The number of hydrogen-bond acceptors (Lipinski definition) is 5. The largest absolute Gasteiger partial charge is 0.456 e. The molecule has 132 valence electrons. The van der Waals surface area contributed by atoms with E-state index in [-0.39, 0.29) is 17.6 Å². The Kier molecular flexibility index (Phi) is 4.31. The van der Waals surface area contributed by atoms with Crippen LogP contribution in [0.15, 0.2) is 41.1 Å². The number of furan rings is 1. The van der Waals surface area contributed by atoms with Crippen LogP contribution >= 0.6 is 0 Å². The van der Waals surface area contributed by atoms with E-state index < -0.39 is 0 Å². The van der Waals surface area contributed by atoms with Crippen molar-refractivity contribution in [3.8, 4) is 0 Å². The van der Waals surface area contributed by atoms with Gasteiger partial charge in [0.1, 0.15) is 11.4 Å². The average molecular weight is 342 g/mol. The number of ether oxygens (including phenoxy) is 2. The van der Waals surface area contributed by atoms with Crippen LogP contribution in [0.1, 0.15) is 34.7 Å². The molecule has 2 aromatic heterocycles. The first-order chi connectivity index (χ1) is 12.1. The number of hydrogen-bond donors (Lipinski definition) is 0. The fraction of sp³-hybridized carbons (Fsp3) is 0.474. The third kappa shape index (κ3) is 3.45. The molecular formula is C19H22N2O4. The second-order valence-electron chi connectivity index (χ2n) is 6.88. The molecule has 4 rings (SSSR count). The highest BCUT2D eigenvalue weighted by molar-refractivity contribution is 5.92. The Hall–Kier alpha value is -2.18. The lowest BCUT2D eigenvalue weighted by molar-refractivity contribution is -0.188. The van der Waals surface area contributed by atoms with Gasteiger partial charge in [-0.25, -0.2) is 0 Å². The fourth-order valence-electron chi connectivity index (χ4n) is 3.54. The van der Waals surface area contributed by atoms with E-state index in [1.807, 2.05) is 25.1 Å². The minimum atomic E-state index is -0.265. The number of amides is 1. The van der Waals surface area contributed by atoms with Crippen molar-refractivity contribution < 1.29 is 18.7 Å². The molecule has 1 atom stereocenters. The van der Waals surface area contributed by atoms with E-state index in [0.717, 1.165) is 24.2 Å². The Morgan fingerprint density at radius 3 is 2.84 bits per heavy atom. The Bertz CT molecular complexity index is 737. The Morgan fingerprint density at radius 1 is 1.32 bits per heavy atom. The van der Waals surface area contributed by atoms with E-state index in [1.54, 1.807) is 23.4 Å². The molecule has 0 bridgehead atoms. The molecule has 0 aromatic carbocycles. The van der Waals surface area contributed by atoms with Crippen LogP contribution in [-0.4, -0.2) is 47.2 Å². The van der Waals surface area contributed by atoms with Crippen molar-refractivity contribution in [3.63, 3.8) is 0 Å². The summed E-state index contributed by atoms with van der Waals surface area (Å²) in [5, 5.41) is 0. The first-order valence-electron chi connectivity index (χ1n) is 8.64. The molecule has 2 aliphatic heterocycles. The summed E-state index contributed by atoms with van der Waals surface area (Å²) in [6.07, 6.45) is 5.41. The van der Waals surface area contributed by atoms with Crippen molar-refractivity contribution in [1.82, 2.24) is 9.88 Å². The predicted molar refractivity (Wildman–Crippen MR) is 90.1 cm³/mol. The molecule has 2 aromatic rings. The maximum absolute atomic E-state index is 12.4. The van der Waals surface area contributed by atoms with Gasteiger partial charge < -0.3 is 18.8 Å². The van der Waals surface area contributed by atoms with Crippen molar-refractivity contribution in [2.75, 3.05) is 19.7 Å². The van der Waals surface area contributed by atoms with Gasteiger partial charge >= 0.3 is 0 Å². The molecule has 2 aliphatic rings. The molecule has 0 unspecified atom stereocenters. The van der Waals surface area contributed by atoms with E-state index in [2.05, 4.69) is 4.98 Å². The average Bonchev–Trinajstić information content (AvgIpc) is 3.05. The smallest absolute Gasteiger partial charge is 0.289 e. The molecule has 25 heavy (non-hydrogen) atoms. The lowest BCUT2D eigenvalue weighted by Gasteiger charge is -2.52. The SMILES string of the molecule is Cc1ccc(C(=O)N2CC3(C[C@H](OCc4ccncc4)CCO3)C2)o1. The highest BCUT2D eigenvalue weighted by atomic mass is 16.5. The van der Waals surface area contributed by atoms with E-state index >= 15 is 0 Å². The molecule has 6 nitrogen and oxygen atoms in total. The van der Waals surface area contributed by atoms with Gasteiger partial charge in [-0.3, -0.25) is 9.78 Å². The molecule has 0 N–H and O–H groups in total. The number of likely N-dealkylation sites (tertiary alicyclic amines) is 1. The van der Waals surface area contributed by atoms with Crippen LogP contribution in [0.4, 0.5) is 0 Å². The van der Waals surface area contributed by atoms with Gasteiger partial charge in [0.25, 0.3) is 5.91 Å². The first kappa shape index (κ1) is 16.3. The van der Waals surface area contributed by atoms with Crippen LogP contribution in [0.2, 0.25) is 0 Å². The van der Waals surface area contributed by atoms with E-state index in [9.17, 15) is 4.79 Å². The van der Waals surface area contributed by atoms with Crippen molar-refractivity contribution in [3.05, 3.63) is 53.7 Å². The molecule has 2 fully saturated rings. The summed E-state index contributed by atoms with van der Waals surface area (Å²) in [6, 6.07) is 7.46. The third-order valence-corrected chi connectivity index (χ3v) is 4.88. The number of aromatic nitrogens is 1. The minimum absolute atomic E-state index is 0.0675. The zero-order chi connectivity index (χ0) is 17.3. The summed E-state index contributed by atoms with van der Waals surface area (Å²) in [4.78, 5) is 18.2. The highest BCUT2D eigenvalue weighted by Gasteiger charge is 2.50. The lowest BCUT2D eigenvalue weighted by atomic mass is 9.84. The molecule has 1 spiro atoms. The summed E-state index contributed by atoms with van der Waals surface area (Å²) < 4.78 is 17.5. The summed E-state index contributed by atoms with van der Waals surface area (Å²) in [7, 11) is 0. The Balaban J connectivity index is 1.31. The van der Waals surface area contributed by atoms with Crippen molar-refractivity contribution in [2.24, 2.45) is 0 Å². The van der Waals surface area contributed by atoms with Crippen molar-refractivity contribution in [1.29, 1.82) is 0 Å². The fourth-order valence-corrected chi connectivity index (χ4v) is 3.54.